The molecule has 17 heavy (non-hydrogen) atoms. The highest BCUT2D eigenvalue weighted by Gasteiger charge is 2.06. The van der Waals surface area contributed by atoms with Gasteiger partial charge in [-0.2, -0.15) is 0 Å². The van der Waals surface area contributed by atoms with E-state index in [1.165, 1.54) is 12.1 Å². The Balaban J connectivity index is 2.45. The van der Waals surface area contributed by atoms with Gasteiger partial charge in [-0.3, -0.25) is 9.59 Å². The number of hydrogen-bond acceptors (Lipinski definition) is 3. The number of carbonyl (C=O) groups is 2. The number of nitrogens with one attached hydrogen (secondary N) is 1. The van der Waals surface area contributed by atoms with Crippen molar-refractivity contribution in [3.05, 3.63) is 29.0 Å². The average molecular weight is 277 g/mol. The molecule has 0 fully saturated rings. The van der Waals surface area contributed by atoms with E-state index in [4.69, 9.17) is 17.3 Å². The molecule has 0 bridgehead atoms. The Kier molecular flexibility index (Phi) is 5.24. The predicted molar refractivity (Wildman–Crippen MR) is 66.6 cm³/mol. The molecule has 92 valence electrons. The molecule has 4 nitrogen and oxygen atoms in total. The minimum atomic E-state index is -0.603. The lowest BCUT2D eigenvalue weighted by molar-refractivity contribution is -0.115. The third-order valence-electron chi connectivity index (χ3n) is 1.68. The van der Waals surface area contributed by atoms with Crippen LogP contribution >= 0.6 is 23.4 Å². The first kappa shape index (κ1) is 13.8. The normalized spacial score (nSPS) is 10.0. The zero-order valence-electron chi connectivity index (χ0n) is 8.70. The van der Waals surface area contributed by atoms with Gasteiger partial charge in [0.15, 0.2) is 0 Å². The van der Waals surface area contributed by atoms with Gasteiger partial charge in [0, 0.05) is 5.69 Å². The molecule has 0 aliphatic carbocycles. The Morgan fingerprint density at radius 2 is 2.12 bits per heavy atom. The average Bonchev–Trinajstić information content (AvgIpc) is 2.23. The maximum atomic E-state index is 13.0. The summed E-state index contributed by atoms with van der Waals surface area (Å²) in [6, 6.07) is 3.96. The van der Waals surface area contributed by atoms with Crippen LogP contribution in [0.1, 0.15) is 0 Å². The molecule has 0 aromatic heterocycles. The highest BCUT2D eigenvalue weighted by atomic mass is 35.5. The van der Waals surface area contributed by atoms with Crippen LogP contribution in [0.5, 0.6) is 0 Å². The second kappa shape index (κ2) is 6.46. The number of thioether (sulfide) groups is 1. The van der Waals surface area contributed by atoms with Crippen LogP contribution in [0.3, 0.4) is 0 Å². The molecular formula is C10H10ClFN2O2S. The summed E-state index contributed by atoms with van der Waals surface area (Å²) in [5, 5.41) is 2.46. The first-order valence-corrected chi connectivity index (χ1v) is 6.13. The second-order valence-corrected chi connectivity index (χ2v) is 4.53. The van der Waals surface area contributed by atoms with E-state index in [1.807, 2.05) is 0 Å². The van der Waals surface area contributed by atoms with Crippen molar-refractivity contribution in [3.8, 4) is 0 Å². The molecule has 0 saturated heterocycles. The van der Waals surface area contributed by atoms with Crippen molar-refractivity contribution in [1.29, 1.82) is 0 Å². The smallest absolute Gasteiger partial charge is 0.234 e. The molecule has 7 heteroatoms. The van der Waals surface area contributed by atoms with Gasteiger partial charge in [-0.1, -0.05) is 11.6 Å². The van der Waals surface area contributed by atoms with Crippen molar-refractivity contribution in [2.45, 2.75) is 0 Å². The zero-order chi connectivity index (χ0) is 12.8. The molecule has 0 atom stereocenters. The maximum absolute atomic E-state index is 13.0. The molecule has 3 N–H and O–H groups in total. The zero-order valence-corrected chi connectivity index (χ0v) is 10.3. The third-order valence-corrected chi connectivity index (χ3v) is 2.94. The van der Waals surface area contributed by atoms with E-state index in [-0.39, 0.29) is 22.4 Å². The lowest BCUT2D eigenvalue weighted by atomic mass is 10.3. The Hall–Kier alpha value is -1.27. The van der Waals surface area contributed by atoms with Gasteiger partial charge in [-0.05, 0) is 18.2 Å². The van der Waals surface area contributed by atoms with Crippen molar-refractivity contribution in [1.82, 2.24) is 0 Å². The van der Waals surface area contributed by atoms with Gasteiger partial charge in [0.2, 0.25) is 11.8 Å². The van der Waals surface area contributed by atoms with Crippen LogP contribution in [0.2, 0.25) is 5.02 Å². The van der Waals surface area contributed by atoms with Crippen LogP contribution in [0.15, 0.2) is 18.2 Å². The molecule has 0 aliphatic heterocycles. The van der Waals surface area contributed by atoms with E-state index >= 15 is 0 Å². The van der Waals surface area contributed by atoms with E-state index in [1.54, 1.807) is 0 Å². The number of amides is 2. The lowest BCUT2D eigenvalue weighted by Crippen LogP contribution is -2.18. The number of anilines is 1. The summed E-state index contributed by atoms with van der Waals surface area (Å²) in [6.45, 7) is 0. The first-order valence-electron chi connectivity index (χ1n) is 4.60. The van der Waals surface area contributed by atoms with Gasteiger partial charge < -0.3 is 11.1 Å². The molecule has 2 amide bonds. The van der Waals surface area contributed by atoms with Crippen LogP contribution in [0.25, 0.3) is 0 Å². The Bertz CT molecular complexity index is 442. The predicted octanol–water partition coefficient (Wildman–Crippen LogP) is 1.64. The van der Waals surface area contributed by atoms with Crippen molar-refractivity contribution in [3.63, 3.8) is 0 Å². The van der Waals surface area contributed by atoms with E-state index in [0.29, 0.717) is 5.69 Å². The highest BCUT2D eigenvalue weighted by molar-refractivity contribution is 8.00. The first-order chi connectivity index (χ1) is 7.99. The fourth-order valence-corrected chi connectivity index (χ4v) is 1.69. The number of carbonyl (C=O) groups excluding carboxylic acids is 2. The molecule has 0 radical (unpaired) electrons. The summed E-state index contributed by atoms with van der Waals surface area (Å²) < 4.78 is 13.0. The van der Waals surface area contributed by atoms with Gasteiger partial charge in [-0.15, -0.1) is 11.8 Å². The second-order valence-electron chi connectivity index (χ2n) is 3.14. The van der Waals surface area contributed by atoms with Crippen molar-refractivity contribution < 1.29 is 14.0 Å². The SMILES string of the molecule is NC(=O)CSCC(=O)Nc1ccc(Cl)c(F)c1. The molecule has 0 heterocycles. The van der Waals surface area contributed by atoms with E-state index in [9.17, 15) is 14.0 Å². The standard InChI is InChI=1S/C10H10ClFN2O2S/c11-7-2-1-6(3-8(7)12)14-10(16)5-17-4-9(13)15/h1-3H,4-5H2,(H2,13,15)(H,14,16). The fourth-order valence-electron chi connectivity index (χ4n) is 1.02. The number of rotatable bonds is 5. The van der Waals surface area contributed by atoms with Crippen LogP contribution in [0.4, 0.5) is 10.1 Å². The van der Waals surface area contributed by atoms with Crippen LogP contribution in [-0.4, -0.2) is 23.3 Å². The van der Waals surface area contributed by atoms with Crippen molar-refractivity contribution >= 4 is 40.9 Å². The number of hydrogen-bond donors (Lipinski definition) is 2. The Morgan fingerprint density at radius 3 is 2.71 bits per heavy atom. The summed E-state index contributed by atoms with van der Waals surface area (Å²) >= 11 is 6.58. The summed E-state index contributed by atoms with van der Waals surface area (Å²) in [6.07, 6.45) is 0. The summed E-state index contributed by atoms with van der Waals surface area (Å²) in [4.78, 5) is 21.8. The summed E-state index contributed by atoms with van der Waals surface area (Å²) in [7, 11) is 0. The maximum Gasteiger partial charge on any atom is 0.234 e. The fraction of sp³-hybridized carbons (Fsp3) is 0.200. The quantitative estimate of drug-likeness (QED) is 0.859. The molecule has 0 aliphatic rings. The molecule has 0 spiro atoms. The molecule has 0 saturated carbocycles. The summed E-state index contributed by atoms with van der Waals surface area (Å²) in [5.41, 5.74) is 5.23. The van der Waals surface area contributed by atoms with E-state index in [0.717, 1.165) is 17.8 Å². The Morgan fingerprint density at radius 1 is 1.41 bits per heavy atom. The van der Waals surface area contributed by atoms with Crippen LogP contribution in [0, 0.1) is 5.82 Å². The number of primary amides is 1. The van der Waals surface area contributed by atoms with Crippen LogP contribution in [-0.2, 0) is 9.59 Å². The van der Waals surface area contributed by atoms with Gasteiger partial charge in [0.25, 0.3) is 0 Å². The Labute approximate surface area is 107 Å². The van der Waals surface area contributed by atoms with Crippen molar-refractivity contribution in [2.24, 2.45) is 5.73 Å². The summed E-state index contributed by atoms with van der Waals surface area (Å²) in [5.74, 6) is -1.28. The third kappa shape index (κ3) is 5.06. The number of halogens is 2. The molecule has 1 aromatic rings. The minimum absolute atomic E-state index is 0.00824. The molecule has 0 unspecified atom stereocenters. The number of benzene rings is 1. The largest absolute Gasteiger partial charge is 0.369 e. The van der Waals surface area contributed by atoms with Crippen LogP contribution < -0.4 is 11.1 Å². The monoisotopic (exact) mass is 276 g/mol. The van der Waals surface area contributed by atoms with E-state index < -0.39 is 11.7 Å². The highest BCUT2D eigenvalue weighted by Crippen LogP contribution is 2.18. The van der Waals surface area contributed by atoms with Gasteiger partial charge in [0.1, 0.15) is 5.82 Å². The number of nitrogens with two attached hydrogens (primary N) is 1. The lowest BCUT2D eigenvalue weighted by Gasteiger charge is -2.05. The van der Waals surface area contributed by atoms with Gasteiger partial charge in [0.05, 0.1) is 16.5 Å². The van der Waals surface area contributed by atoms with E-state index in [2.05, 4.69) is 5.32 Å². The topological polar surface area (TPSA) is 72.2 Å². The van der Waals surface area contributed by atoms with Gasteiger partial charge in [-0.25, -0.2) is 4.39 Å². The van der Waals surface area contributed by atoms with Crippen molar-refractivity contribution in [2.75, 3.05) is 16.8 Å². The molecule has 1 aromatic carbocycles. The molecule has 1 rings (SSSR count). The van der Waals surface area contributed by atoms with Gasteiger partial charge >= 0.3 is 0 Å². The minimum Gasteiger partial charge on any atom is -0.369 e. The molecular weight excluding hydrogens is 267 g/mol.